The van der Waals surface area contributed by atoms with Crippen LogP contribution in [-0.2, 0) is 6.54 Å². The van der Waals surface area contributed by atoms with Crippen LogP contribution in [0.5, 0.6) is 5.75 Å². The average molecular weight is 274 g/mol. The van der Waals surface area contributed by atoms with Gasteiger partial charge in [0.05, 0.1) is 12.9 Å². The van der Waals surface area contributed by atoms with Gasteiger partial charge in [0.2, 0.25) is 0 Å². The van der Waals surface area contributed by atoms with Gasteiger partial charge in [-0.2, -0.15) is 0 Å². The molecule has 20 heavy (non-hydrogen) atoms. The van der Waals surface area contributed by atoms with Crippen molar-refractivity contribution in [3.63, 3.8) is 0 Å². The molecule has 4 nitrogen and oxygen atoms in total. The van der Waals surface area contributed by atoms with E-state index < -0.39 is 5.82 Å². The normalized spacial score (nSPS) is 9.90. The van der Waals surface area contributed by atoms with Crippen molar-refractivity contribution >= 4 is 0 Å². The Morgan fingerprint density at radius 1 is 1.35 bits per heavy atom. The predicted octanol–water partition coefficient (Wildman–Crippen LogP) is 1.84. The Morgan fingerprint density at radius 2 is 2.25 bits per heavy atom. The van der Waals surface area contributed by atoms with Gasteiger partial charge in [0.15, 0.2) is 0 Å². The smallest absolute Gasteiger partial charge is 0.128 e. The number of nitrogens with zero attached hydrogens (tertiary/aromatic N) is 2. The Labute approximate surface area is 116 Å². The van der Waals surface area contributed by atoms with Crippen molar-refractivity contribution in [2.75, 3.05) is 13.2 Å². The highest BCUT2D eigenvalue weighted by molar-refractivity contribution is 5.40. The van der Waals surface area contributed by atoms with Gasteiger partial charge in [-0.1, -0.05) is 11.8 Å². The summed E-state index contributed by atoms with van der Waals surface area (Å²) in [6.07, 6.45) is 6.14. The van der Waals surface area contributed by atoms with Crippen LogP contribution in [0.3, 0.4) is 0 Å². The van der Waals surface area contributed by atoms with E-state index in [-0.39, 0.29) is 6.61 Å². The zero-order valence-corrected chi connectivity index (χ0v) is 10.9. The molecule has 0 saturated heterocycles. The first-order chi connectivity index (χ1) is 9.78. The molecule has 0 spiro atoms. The van der Waals surface area contributed by atoms with Gasteiger partial charge in [0.1, 0.15) is 18.2 Å². The van der Waals surface area contributed by atoms with Gasteiger partial charge < -0.3 is 14.4 Å². The van der Waals surface area contributed by atoms with E-state index in [1.165, 1.54) is 12.1 Å². The third-order valence-corrected chi connectivity index (χ3v) is 2.57. The van der Waals surface area contributed by atoms with E-state index in [2.05, 4.69) is 16.8 Å². The van der Waals surface area contributed by atoms with Crippen LogP contribution in [0.15, 0.2) is 36.9 Å². The zero-order valence-electron chi connectivity index (χ0n) is 10.9. The van der Waals surface area contributed by atoms with Crippen molar-refractivity contribution < 1.29 is 14.2 Å². The molecule has 0 aliphatic rings. The van der Waals surface area contributed by atoms with Gasteiger partial charge in [0, 0.05) is 30.6 Å². The predicted molar refractivity (Wildman–Crippen MR) is 72.7 cm³/mol. The van der Waals surface area contributed by atoms with E-state index in [1.807, 2.05) is 10.8 Å². The molecule has 1 N–H and O–H groups in total. The van der Waals surface area contributed by atoms with Gasteiger partial charge in [-0.15, -0.1) is 0 Å². The zero-order chi connectivity index (χ0) is 14.2. The monoisotopic (exact) mass is 274 g/mol. The summed E-state index contributed by atoms with van der Waals surface area (Å²) >= 11 is 0. The molecule has 1 heterocycles. The summed E-state index contributed by atoms with van der Waals surface area (Å²) in [6, 6.07) is 4.28. The molecular formula is C15H15FN2O2. The minimum absolute atomic E-state index is 0.252. The van der Waals surface area contributed by atoms with E-state index in [4.69, 9.17) is 9.84 Å². The molecule has 5 heteroatoms. The van der Waals surface area contributed by atoms with Crippen molar-refractivity contribution in [3.05, 3.63) is 48.3 Å². The molecule has 0 atom stereocenters. The molecule has 1 aromatic carbocycles. The number of hydrogen-bond acceptors (Lipinski definition) is 3. The van der Waals surface area contributed by atoms with Gasteiger partial charge in [-0.3, -0.25) is 0 Å². The average Bonchev–Trinajstić information content (AvgIpc) is 2.94. The Bertz CT molecular complexity index is 600. The standard InChI is InChI=1S/C15H15FN2O2/c16-14-9-13(3-1-7-19)10-15(11-14)20-8-2-5-18-6-4-17-12-18/h4,6,9-12,19H,2,5,7-8H2. The molecule has 0 fully saturated rings. The molecular weight excluding hydrogens is 259 g/mol. The summed E-state index contributed by atoms with van der Waals surface area (Å²) in [7, 11) is 0. The lowest BCUT2D eigenvalue weighted by molar-refractivity contribution is 0.300. The highest BCUT2D eigenvalue weighted by Crippen LogP contribution is 2.16. The van der Waals surface area contributed by atoms with Crippen molar-refractivity contribution in [2.45, 2.75) is 13.0 Å². The molecule has 2 rings (SSSR count). The Hall–Kier alpha value is -2.32. The Balaban J connectivity index is 1.87. The molecule has 0 radical (unpaired) electrons. The van der Waals surface area contributed by atoms with Crippen LogP contribution < -0.4 is 4.74 Å². The number of halogens is 1. The van der Waals surface area contributed by atoms with Gasteiger partial charge in [-0.25, -0.2) is 9.37 Å². The summed E-state index contributed by atoms with van der Waals surface area (Å²) in [4.78, 5) is 3.95. The van der Waals surface area contributed by atoms with Crippen LogP contribution in [-0.4, -0.2) is 27.9 Å². The largest absolute Gasteiger partial charge is 0.493 e. The number of rotatable bonds is 5. The fourth-order valence-electron chi connectivity index (χ4n) is 1.72. The van der Waals surface area contributed by atoms with Crippen molar-refractivity contribution in [1.29, 1.82) is 0 Å². The molecule has 1 aromatic heterocycles. The summed E-state index contributed by atoms with van der Waals surface area (Å²) in [5.74, 6) is 5.17. The van der Waals surface area contributed by atoms with Crippen LogP contribution in [0.25, 0.3) is 0 Å². The minimum atomic E-state index is -0.403. The van der Waals surface area contributed by atoms with Crippen molar-refractivity contribution in [1.82, 2.24) is 9.55 Å². The van der Waals surface area contributed by atoms with E-state index >= 15 is 0 Å². The van der Waals surface area contributed by atoms with E-state index in [0.29, 0.717) is 17.9 Å². The van der Waals surface area contributed by atoms with Crippen molar-refractivity contribution in [2.24, 2.45) is 0 Å². The Kier molecular flexibility index (Phi) is 5.15. The lowest BCUT2D eigenvalue weighted by Gasteiger charge is -2.07. The summed E-state index contributed by atoms with van der Waals surface area (Å²) in [6.45, 7) is 1.03. The molecule has 0 aliphatic heterocycles. The number of hydrogen-bond donors (Lipinski definition) is 1. The molecule has 0 amide bonds. The number of aryl methyl sites for hydroxylation is 1. The quantitative estimate of drug-likeness (QED) is 0.668. The van der Waals surface area contributed by atoms with Crippen LogP contribution in [0, 0.1) is 17.7 Å². The van der Waals surface area contributed by atoms with Crippen LogP contribution in [0.2, 0.25) is 0 Å². The van der Waals surface area contributed by atoms with Gasteiger partial charge >= 0.3 is 0 Å². The van der Waals surface area contributed by atoms with E-state index in [9.17, 15) is 4.39 Å². The lowest BCUT2D eigenvalue weighted by Crippen LogP contribution is -2.03. The maximum atomic E-state index is 13.4. The fourth-order valence-corrected chi connectivity index (χ4v) is 1.72. The number of imidazole rings is 1. The fraction of sp³-hybridized carbons (Fsp3) is 0.267. The molecule has 0 aliphatic carbocycles. The number of aliphatic hydroxyl groups excluding tert-OH is 1. The third-order valence-electron chi connectivity index (χ3n) is 2.57. The molecule has 104 valence electrons. The van der Waals surface area contributed by atoms with Gasteiger partial charge in [0.25, 0.3) is 0 Å². The maximum absolute atomic E-state index is 13.4. The van der Waals surface area contributed by atoms with Gasteiger partial charge in [-0.05, 0) is 18.6 Å². The number of aliphatic hydroxyl groups is 1. The first-order valence-electron chi connectivity index (χ1n) is 6.27. The second-order valence-corrected chi connectivity index (χ2v) is 4.14. The number of aromatic nitrogens is 2. The lowest BCUT2D eigenvalue weighted by atomic mass is 10.2. The first kappa shape index (κ1) is 14.1. The molecule has 2 aromatic rings. The molecule has 0 unspecified atom stereocenters. The van der Waals surface area contributed by atoms with Crippen LogP contribution in [0.4, 0.5) is 4.39 Å². The topological polar surface area (TPSA) is 47.3 Å². The third kappa shape index (κ3) is 4.41. The highest BCUT2D eigenvalue weighted by atomic mass is 19.1. The highest BCUT2D eigenvalue weighted by Gasteiger charge is 2.00. The maximum Gasteiger partial charge on any atom is 0.128 e. The molecule has 0 bridgehead atoms. The molecule has 0 saturated carbocycles. The van der Waals surface area contributed by atoms with E-state index in [1.54, 1.807) is 18.6 Å². The first-order valence-corrected chi connectivity index (χ1v) is 6.27. The van der Waals surface area contributed by atoms with Crippen molar-refractivity contribution in [3.8, 4) is 17.6 Å². The minimum Gasteiger partial charge on any atom is -0.493 e. The summed E-state index contributed by atoms with van der Waals surface area (Å²) in [5.41, 5.74) is 0.489. The summed E-state index contributed by atoms with van der Waals surface area (Å²) < 4.78 is 20.8. The van der Waals surface area contributed by atoms with Crippen LogP contribution in [0.1, 0.15) is 12.0 Å². The second-order valence-electron chi connectivity index (χ2n) is 4.14. The SMILES string of the molecule is OCC#Cc1cc(F)cc(OCCCn2ccnc2)c1. The summed E-state index contributed by atoms with van der Waals surface area (Å²) in [5, 5.41) is 8.62. The number of ether oxygens (including phenoxy) is 1. The number of benzene rings is 1. The second kappa shape index (κ2) is 7.31. The Morgan fingerprint density at radius 3 is 3.00 bits per heavy atom. The van der Waals surface area contributed by atoms with E-state index in [0.717, 1.165) is 13.0 Å². The van der Waals surface area contributed by atoms with Crippen LogP contribution >= 0.6 is 0 Å².